The minimum absolute atomic E-state index is 0.299. The monoisotopic (exact) mass is 215 g/mol. The van der Waals surface area contributed by atoms with Crippen molar-refractivity contribution in [3.05, 3.63) is 12.0 Å². The number of halogens is 1. The number of anilines is 1. The van der Waals surface area contributed by atoms with E-state index in [-0.39, 0.29) is 5.91 Å². The number of hydrogen-bond donors (Lipinski definition) is 4. The Kier molecular flexibility index (Phi) is 2.09. The smallest absolute Gasteiger partial charge is 0.276 e. The zero-order chi connectivity index (χ0) is 10.2. The summed E-state index contributed by atoms with van der Waals surface area (Å²) in [5.74, 6) is -0.403. The fourth-order valence-electron chi connectivity index (χ4n) is 1.35. The van der Waals surface area contributed by atoms with Gasteiger partial charge in [0.1, 0.15) is 5.82 Å². The summed E-state index contributed by atoms with van der Waals surface area (Å²) in [6.45, 7) is 0. The number of carbonyl (C=O) groups is 1. The van der Waals surface area contributed by atoms with Crippen LogP contribution in [-0.4, -0.2) is 27.5 Å². The van der Waals surface area contributed by atoms with Crippen molar-refractivity contribution in [2.75, 3.05) is 11.2 Å². The number of fused-ring (bicyclic) bond motifs is 1. The first kappa shape index (κ1) is 9.29. The highest BCUT2D eigenvalue weighted by atomic mass is 35.5. The average Bonchev–Trinajstić information content (AvgIpc) is 2.51. The minimum Gasteiger partial charge on any atom is -0.335 e. The van der Waals surface area contributed by atoms with E-state index < -0.39 is 5.79 Å². The van der Waals surface area contributed by atoms with Gasteiger partial charge in [-0.25, -0.2) is 4.98 Å². The molecule has 2 rings (SSSR count). The van der Waals surface area contributed by atoms with Crippen LogP contribution in [0, 0.1) is 0 Å². The normalized spacial score (nSPS) is 25.1. The quantitative estimate of drug-likeness (QED) is 0.514. The highest BCUT2D eigenvalue weighted by Crippen LogP contribution is 2.20. The molecule has 0 aliphatic carbocycles. The van der Waals surface area contributed by atoms with Gasteiger partial charge in [-0.05, 0) is 0 Å². The van der Waals surface area contributed by atoms with Gasteiger partial charge in [-0.1, -0.05) is 0 Å². The number of nitrogens with one attached hydrogen (secondary N) is 3. The summed E-state index contributed by atoms with van der Waals surface area (Å²) in [5.41, 5.74) is 6.18. The zero-order valence-electron chi connectivity index (χ0n) is 7.30. The van der Waals surface area contributed by atoms with Gasteiger partial charge >= 0.3 is 0 Å². The maximum Gasteiger partial charge on any atom is 0.276 e. The standard InChI is InChI=1S/C7H10ClN5O/c8-2-1-7(9)12-5-4(6(14)13-7)10-3-11-5/h3,12H,1-2,9H2,(H,10,11)(H,13,14). The molecule has 76 valence electrons. The van der Waals surface area contributed by atoms with Gasteiger partial charge in [0.25, 0.3) is 5.91 Å². The van der Waals surface area contributed by atoms with E-state index in [0.717, 1.165) is 0 Å². The summed E-state index contributed by atoms with van der Waals surface area (Å²) in [7, 11) is 0. The van der Waals surface area contributed by atoms with Crippen LogP contribution in [0.3, 0.4) is 0 Å². The Hall–Kier alpha value is -1.27. The molecule has 0 spiro atoms. The second-order valence-electron chi connectivity index (χ2n) is 3.12. The van der Waals surface area contributed by atoms with Crippen LogP contribution in [0.5, 0.6) is 0 Å². The second-order valence-corrected chi connectivity index (χ2v) is 3.49. The Bertz CT molecular complexity index is 365. The fraction of sp³-hybridized carbons (Fsp3) is 0.429. The molecule has 5 N–H and O–H groups in total. The number of nitrogens with zero attached hydrogens (tertiary/aromatic N) is 1. The molecule has 1 aromatic heterocycles. The molecule has 1 aromatic rings. The Balaban J connectivity index is 2.29. The van der Waals surface area contributed by atoms with Gasteiger partial charge in [-0.3, -0.25) is 10.5 Å². The number of carbonyl (C=O) groups excluding carboxylic acids is 1. The Morgan fingerprint density at radius 2 is 2.36 bits per heavy atom. The van der Waals surface area contributed by atoms with E-state index in [2.05, 4.69) is 20.6 Å². The molecular weight excluding hydrogens is 206 g/mol. The lowest BCUT2D eigenvalue weighted by molar-refractivity contribution is 0.0896. The molecule has 6 nitrogen and oxygen atoms in total. The Morgan fingerprint density at radius 3 is 3.07 bits per heavy atom. The summed E-state index contributed by atoms with van der Waals surface area (Å²) >= 11 is 5.58. The lowest BCUT2D eigenvalue weighted by atomic mass is 10.2. The molecule has 1 unspecified atom stereocenters. The van der Waals surface area contributed by atoms with Crippen LogP contribution in [0.15, 0.2) is 6.33 Å². The number of amides is 1. The Labute approximate surface area is 85.2 Å². The predicted molar refractivity (Wildman–Crippen MR) is 51.9 cm³/mol. The van der Waals surface area contributed by atoms with Gasteiger partial charge in [-0.2, -0.15) is 0 Å². The molecule has 0 saturated heterocycles. The van der Waals surface area contributed by atoms with E-state index in [1.54, 1.807) is 0 Å². The maximum absolute atomic E-state index is 11.5. The summed E-state index contributed by atoms with van der Waals surface area (Å²) in [5, 5.41) is 5.52. The maximum atomic E-state index is 11.5. The topological polar surface area (TPSA) is 95.8 Å². The van der Waals surface area contributed by atoms with Crippen LogP contribution in [0.25, 0.3) is 0 Å². The zero-order valence-corrected chi connectivity index (χ0v) is 8.06. The third-order valence-corrected chi connectivity index (χ3v) is 2.22. The van der Waals surface area contributed by atoms with Crippen molar-refractivity contribution in [3.8, 4) is 0 Å². The molecule has 0 bridgehead atoms. The molecule has 1 aliphatic heterocycles. The molecule has 0 aromatic carbocycles. The van der Waals surface area contributed by atoms with E-state index in [1.807, 2.05) is 0 Å². The van der Waals surface area contributed by atoms with Crippen molar-refractivity contribution in [1.82, 2.24) is 15.3 Å². The van der Waals surface area contributed by atoms with Crippen LogP contribution < -0.4 is 16.4 Å². The van der Waals surface area contributed by atoms with Crippen molar-refractivity contribution in [1.29, 1.82) is 0 Å². The number of aromatic amines is 1. The largest absolute Gasteiger partial charge is 0.335 e. The number of H-pyrrole nitrogens is 1. The van der Waals surface area contributed by atoms with Crippen molar-refractivity contribution in [3.63, 3.8) is 0 Å². The molecule has 0 fully saturated rings. The molecule has 7 heteroatoms. The average molecular weight is 216 g/mol. The van der Waals surface area contributed by atoms with Gasteiger partial charge in [0.2, 0.25) is 0 Å². The van der Waals surface area contributed by atoms with E-state index in [4.69, 9.17) is 17.3 Å². The number of alkyl halides is 1. The van der Waals surface area contributed by atoms with Crippen molar-refractivity contribution in [2.45, 2.75) is 12.2 Å². The first-order chi connectivity index (χ1) is 6.64. The number of nitrogens with two attached hydrogens (primary N) is 1. The molecule has 1 aliphatic rings. The van der Waals surface area contributed by atoms with Gasteiger partial charge in [0.15, 0.2) is 11.5 Å². The molecule has 14 heavy (non-hydrogen) atoms. The van der Waals surface area contributed by atoms with Gasteiger partial charge in [-0.15, -0.1) is 11.6 Å². The number of rotatable bonds is 2. The second kappa shape index (κ2) is 3.14. The van der Waals surface area contributed by atoms with Crippen molar-refractivity contribution < 1.29 is 4.79 Å². The van der Waals surface area contributed by atoms with Crippen molar-refractivity contribution in [2.24, 2.45) is 5.73 Å². The van der Waals surface area contributed by atoms with E-state index in [1.165, 1.54) is 6.33 Å². The Morgan fingerprint density at radius 1 is 1.57 bits per heavy atom. The summed E-state index contributed by atoms with van der Waals surface area (Å²) in [4.78, 5) is 18.1. The van der Waals surface area contributed by atoms with Crippen LogP contribution in [0.1, 0.15) is 16.9 Å². The lowest BCUT2D eigenvalue weighted by Crippen LogP contribution is -2.64. The van der Waals surface area contributed by atoms with Crippen LogP contribution in [0.2, 0.25) is 0 Å². The van der Waals surface area contributed by atoms with Gasteiger partial charge < -0.3 is 15.6 Å². The van der Waals surface area contributed by atoms with Crippen LogP contribution >= 0.6 is 11.6 Å². The lowest BCUT2D eigenvalue weighted by Gasteiger charge is -2.34. The molecule has 1 atom stereocenters. The van der Waals surface area contributed by atoms with Crippen molar-refractivity contribution >= 4 is 23.3 Å². The highest BCUT2D eigenvalue weighted by molar-refractivity contribution is 6.18. The third kappa shape index (κ3) is 1.42. The molecule has 0 saturated carbocycles. The van der Waals surface area contributed by atoms with Crippen LogP contribution in [-0.2, 0) is 0 Å². The summed E-state index contributed by atoms with van der Waals surface area (Å²) in [6, 6.07) is 0. The van der Waals surface area contributed by atoms with E-state index >= 15 is 0 Å². The molecule has 0 radical (unpaired) electrons. The van der Waals surface area contributed by atoms with Gasteiger partial charge in [0, 0.05) is 12.3 Å². The number of hydrogen-bond acceptors (Lipinski definition) is 4. The summed E-state index contributed by atoms with van der Waals surface area (Å²) < 4.78 is 0. The first-order valence-electron chi connectivity index (χ1n) is 4.13. The third-order valence-electron chi connectivity index (χ3n) is 2.03. The summed E-state index contributed by atoms with van der Waals surface area (Å²) in [6.07, 6.45) is 1.86. The van der Waals surface area contributed by atoms with E-state index in [0.29, 0.717) is 23.8 Å². The minimum atomic E-state index is -0.988. The SMILES string of the molecule is NC1(CCCl)NC(=O)c2nc[nH]c2N1. The number of aromatic nitrogens is 2. The number of imidazole rings is 1. The first-order valence-corrected chi connectivity index (χ1v) is 4.67. The predicted octanol–water partition coefficient (Wildman–Crippen LogP) is -0.194. The molecule has 1 amide bonds. The van der Waals surface area contributed by atoms with E-state index in [9.17, 15) is 4.79 Å². The fourth-order valence-corrected chi connectivity index (χ4v) is 1.65. The highest BCUT2D eigenvalue weighted by Gasteiger charge is 2.34. The molecule has 2 heterocycles. The molecular formula is C7H10ClN5O. The van der Waals surface area contributed by atoms with Gasteiger partial charge in [0.05, 0.1) is 6.33 Å². The van der Waals surface area contributed by atoms with Crippen LogP contribution in [0.4, 0.5) is 5.82 Å².